The summed E-state index contributed by atoms with van der Waals surface area (Å²) in [5.41, 5.74) is 0.623. The molecule has 0 bridgehead atoms. The number of halogens is 2. The summed E-state index contributed by atoms with van der Waals surface area (Å²) < 4.78 is 5.19. The molecule has 3 aromatic carbocycles. The number of carbonyl (C=O) groups excluding carboxylic acids is 2. The van der Waals surface area contributed by atoms with Crippen LogP contribution in [0.1, 0.15) is 26.3 Å². The monoisotopic (exact) mass is 428 g/mol. The van der Waals surface area contributed by atoms with Gasteiger partial charge in [0.25, 0.3) is 0 Å². The van der Waals surface area contributed by atoms with E-state index in [4.69, 9.17) is 27.9 Å². The van der Waals surface area contributed by atoms with Gasteiger partial charge in [0.1, 0.15) is 17.3 Å². The number of esters is 1. The molecule has 0 radical (unpaired) electrons. The van der Waals surface area contributed by atoms with E-state index in [-0.39, 0.29) is 22.6 Å². The van der Waals surface area contributed by atoms with E-state index in [1.807, 2.05) is 0 Å². The van der Waals surface area contributed by atoms with E-state index in [0.717, 1.165) is 12.1 Å². The molecule has 0 atom stereocenters. The van der Waals surface area contributed by atoms with Crippen molar-refractivity contribution in [2.45, 2.75) is 0 Å². The summed E-state index contributed by atoms with van der Waals surface area (Å²) in [7, 11) is 0. The van der Waals surface area contributed by atoms with Crippen molar-refractivity contribution in [3.8, 4) is 11.5 Å². The van der Waals surface area contributed by atoms with Gasteiger partial charge in [-0.05, 0) is 60.7 Å². The predicted octanol–water partition coefficient (Wildman–Crippen LogP) is 5.70. The Kier molecular flexibility index (Phi) is 6.22. The third-order valence-electron chi connectivity index (χ3n) is 3.93. The first-order valence-corrected chi connectivity index (χ1v) is 9.11. The Morgan fingerprint density at radius 1 is 0.828 bits per heavy atom. The number of benzene rings is 3. The first-order valence-electron chi connectivity index (χ1n) is 8.35. The second-order valence-electron chi connectivity index (χ2n) is 5.98. The van der Waals surface area contributed by atoms with Gasteiger partial charge in [0, 0.05) is 27.8 Å². The molecule has 0 aromatic heterocycles. The highest BCUT2D eigenvalue weighted by molar-refractivity contribution is 6.30. The maximum atomic E-state index is 12.4. The van der Waals surface area contributed by atoms with Crippen LogP contribution in [-0.2, 0) is 0 Å². The molecule has 3 aromatic rings. The van der Waals surface area contributed by atoms with Crippen LogP contribution in [0.3, 0.4) is 0 Å². The van der Waals surface area contributed by atoms with Crippen molar-refractivity contribution >= 4 is 40.7 Å². The van der Waals surface area contributed by atoms with E-state index >= 15 is 0 Å². The highest BCUT2D eigenvalue weighted by atomic mass is 35.5. The number of hydrogen-bond donors (Lipinski definition) is 2. The van der Waals surface area contributed by atoms with Crippen LogP contribution in [-0.4, -0.2) is 22.0 Å². The number of phenols is 1. The maximum Gasteiger partial charge on any atom is 0.343 e. The zero-order chi connectivity index (χ0) is 21.0. The molecule has 0 amide bonds. The lowest BCUT2D eigenvalue weighted by Gasteiger charge is -2.07. The molecule has 2 N–H and O–H groups in total. The normalized spacial score (nSPS) is 11.2. The van der Waals surface area contributed by atoms with E-state index in [9.17, 15) is 19.8 Å². The molecule has 5 nitrogen and oxygen atoms in total. The summed E-state index contributed by atoms with van der Waals surface area (Å²) in [4.78, 5) is 24.5. The number of allylic oxidation sites excluding steroid dienone is 1. The third-order valence-corrected chi connectivity index (χ3v) is 4.44. The van der Waals surface area contributed by atoms with Crippen molar-refractivity contribution in [3.63, 3.8) is 0 Å². The van der Waals surface area contributed by atoms with Gasteiger partial charge < -0.3 is 14.9 Å². The average molecular weight is 429 g/mol. The number of hydrogen-bond acceptors (Lipinski definition) is 5. The Bertz CT molecular complexity index is 1090. The summed E-state index contributed by atoms with van der Waals surface area (Å²) in [6.07, 6.45) is 0.984. The molecule has 7 heteroatoms. The topological polar surface area (TPSA) is 83.8 Å². The van der Waals surface area contributed by atoms with E-state index in [0.29, 0.717) is 15.6 Å². The van der Waals surface area contributed by atoms with E-state index in [1.54, 1.807) is 36.4 Å². The van der Waals surface area contributed by atoms with Gasteiger partial charge in [-0.2, -0.15) is 0 Å². The van der Waals surface area contributed by atoms with Crippen LogP contribution in [0.4, 0.5) is 0 Å². The van der Waals surface area contributed by atoms with Crippen molar-refractivity contribution in [2.24, 2.45) is 0 Å². The quantitative estimate of drug-likeness (QED) is 0.179. The van der Waals surface area contributed by atoms with Gasteiger partial charge in [-0.25, -0.2) is 4.79 Å². The van der Waals surface area contributed by atoms with Gasteiger partial charge in [0.15, 0.2) is 5.78 Å². The van der Waals surface area contributed by atoms with Gasteiger partial charge >= 0.3 is 5.97 Å². The fourth-order valence-electron chi connectivity index (χ4n) is 2.44. The number of aromatic hydroxyl groups is 1. The van der Waals surface area contributed by atoms with Crippen LogP contribution < -0.4 is 4.74 Å². The number of aliphatic hydroxyl groups excluding tert-OH is 1. The van der Waals surface area contributed by atoms with Crippen molar-refractivity contribution in [3.05, 3.63) is 99.5 Å². The van der Waals surface area contributed by atoms with Gasteiger partial charge in [-0.1, -0.05) is 23.2 Å². The summed E-state index contributed by atoms with van der Waals surface area (Å²) in [5.74, 6) is -1.86. The fraction of sp³-hybridized carbons (Fsp3) is 0. The lowest BCUT2D eigenvalue weighted by Crippen LogP contribution is -2.08. The van der Waals surface area contributed by atoms with Gasteiger partial charge in [-0.3, -0.25) is 4.79 Å². The Hall–Kier alpha value is -3.28. The molecule has 0 spiro atoms. The lowest BCUT2D eigenvalue weighted by atomic mass is 10.1. The molecule has 0 saturated heterocycles. The fourth-order valence-corrected chi connectivity index (χ4v) is 2.69. The summed E-state index contributed by atoms with van der Waals surface area (Å²) >= 11 is 11.6. The second-order valence-corrected chi connectivity index (χ2v) is 6.85. The highest BCUT2D eigenvalue weighted by Crippen LogP contribution is 2.26. The zero-order valence-corrected chi connectivity index (χ0v) is 16.3. The van der Waals surface area contributed by atoms with Crippen molar-refractivity contribution in [2.75, 3.05) is 0 Å². The molecular weight excluding hydrogens is 415 g/mol. The molecule has 0 aliphatic heterocycles. The average Bonchev–Trinajstić information content (AvgIpc) is 2.69. The van der Waals surface area contributed by atoms with E-state index < -0.39 is 17.5 Å². The predicted molar refractivity (Wildman–Crippen MR) is 111 cm³/mol. The molecule has 29 heavy (non-hydrogen) atoms. The van der Waals surface area contributed by atoms with Crippen molar-refractivity contribution in [1.29, 1.82) is 0 Å². The number of carbonyl (C=O) groups is 2. The van der Waals surface area contributed by atoms with E-state index in [1.165, 1.54) is 24.3 Å². The first-order chi connectivity index (χ1) is 13.8. The molecule has 0 heterocycles. The molecule has 0 saturated carbocycles. The lowest BCUT2D eigenvalue weighted by molar-refractivity contribution is 0.0734. The minimum absolute atomic E-state index is 0.0585. The van der Waals surface area contributed by atoms with Crippen LogP contribution in [0.15, 0.2) is 72.8 Å². The SMILES string of the molecule is O=C(Oc1ccc(C(=O)C=C(O)c2ccc(Cl)cc2)c(O)c1)c1ccc(Cl)cc1. The van der Waals surface area contributed by atoms with Crippen molar-refractivity contribution in [1.82, 2.24) is 0 Å². The molecule has 0 aliphatic rings. The summed E-state index contributed by atoms with van der Waals surface area (Å²) in [6, 6.07) is 16.2. The highest BCUT2D eigenvalue weighted by Gasteiger charge is 2.14. The standard InChI is InChI=1S/C22H14Cl2O5/c23-15-5-1-13(2-6-15)19(25)12-21(27)18-10-9-17(11-20(18)26)29-22(28)14-3-7-16(24)8-4-14/h1-12,25-26H. The van der Waals surface area contributed by atoms with Gasteiger partial charge in [-0.15, -0.1) is 0 Å². The van der Waals surface area contributed by atoms with Gasteiger partial charge in [0.2, 0.25) is 0 Å². The number of phenolic OH excluding ortho intramolecular Hbond substituents is 1. The van der Waals surface area contributed by atoms with Gasteiger partial charge in [0.05, 0.1) is 11.1 Å². The molecule has 146 valence electrons. The zero-order valence-electron chi connectivity index (χ0n) is 14.8. The minimum atomic E-state index is -0.638. The first kappa shape index (κ1) is 20.5. The van der Waals surface area contributed by atoms with Crippen LogP contribution in [0, 0.1) is 0 Å². The summed E-state index contributed by atoms with van der Waals surface area (Å²) in [6.45, 7) is 0. The summed E-state index contributed by atoms with van der Waals surface area (Å²) in [5, 5.41) is 21.2. The van der Waals surface area contributed by atoms with Crippen LogP contribution in [0.5, 0.6) is 11.5 Å². The number of aliphatic hydroxyl groups is 1. The van der Waals surface area contributed by atoms with Crippen LogP contribution in [0.25, 0.3) is 5.76 Å². The van der Waals surface area contributed by atoms with E-state index in [2.05, 4.69) is 0 Å². The Morgan fingerprint density at radius 2 is 1.38 bits per heavy atom. The number of ketones is 1. The smallest absolute Gasteiger partial charge is 0.343 e. The Morgan fingerprint density at radius 3 is 1.93 bits per heavy atom. The molecule has 3 rings (SSSR count). The van der Waals surface area contributed by atoms with Crippen LogP contribution in [0.2, 0.25) is 10.0 Å². The Labute approximate surface area is 176 Å². The molecule has 0 aliphatic carbocycles. The number of rotatable bonds is 5. The minimum Gasteiger partial charge on any atom is -0.507 e. The maximum absolute atomic E-state index is 12.4. The van der Waals surface area contributed by atoms with Crippen LogP contribution >= 0.6 is 23.2 Å². The third kappa shape index (κ3) is 5.16. The number of ether oxygens (including phenoxy) is 1. The molecule has 0 unspecified atom stereocenters. The molecular formula is C22H14Cl2O5. The molecule has 0 fully saturated rings. The van der Waals surface area contributed by atoms with Crippen molar-refractivity contribution < 1.29 is 24.5 Å². The Balaban J connectivity index is 1.75. The largest absolute Gasteiger partial charge is 0.507 e. The second kappa shape index (κ2) is 8.82.